The number of anilines is 1. The van der Waals surface area contributed by atoms with Crippen molar-refractivity contribution in [1.29, 1.82) is 0 Å². The standard InChI is InChI=1S/C19H16N4OS/c1-12-8-17(25-11-12)18(24)21-15-9-14(5-4-13(15)2)16-10-23-7-3-6-20-19(23)22-16/h3-11H,1-2H3,(H,21,24). The zero-order valence-electron chi connectivity index (χ0n) is 13.9. The Morgan fingerprint density at radius 2 is 2.12 bits per heavy atom. The zero-order valence-corrected chi connectivity index (χ0v) is 14.7. The van der Waals surface area contributed by atoms with Crippen molar-refractivity contribution >= 4 is 28.7 Å². The van der Waals surface area contributed by atoms with Crippen molar-refractivity contribution in [3.8, 4) is 11.3 Å². The van der Waals surface area contributed by atoms with Gasteiger partial charge in [0, 0.05) is 29.8 Å². The Hall–Kier alpha value is -2.99. The molecule has 0 unspecified atom stereocenters. The van der Waals surface area contributed by atoms with E-state index in [9.17, 15) is 4.79 Å². The quantitative estimate of drug-likeness (QED) is 0.599. The number of carbonyl (C=O) groups excluding carboxylic acids is 1. The van der Waals surface area contributed by atoms with Gasteiger partial charge in [0.1, 0.15) is 0 Å². The molecule has 0 spiro atoms. The van der Waals surface area contributed by atoms with Crippen molar-refractivity contribution in [3.05, 3.63) is 70.3 Å². The van der Waals surface area contributed by atoms with E-state index in [2.05, 4.69) is 15.3 Å². The topological polar surface area (TPSA) is 59.3 Å². The Morgan fingerprint density at radius 1 is 1.24 bits per heavy atom. The Bertz CT molecular complexity index is 1050. The molecule has 3 heterocycles. The molecule has 1 N–H and O–H groups in total. The number of nitrogens with zero attached hydrogens (tertiary/aromatic N) is 3. The summed E-state index contributed by atoms with van der Waals surface area (Å²) < 4.78 is 1.88. The molecule has 5 nitrogen and oxygen atoms in total. The molecule has 0 atom stereocenters. The van der Waals surface area contributed by atoms with Crippen LogP contribution in [0.3, 0.4) is 0 Å². The molecule has 4 rings (SSSR count). The number of fused-ring (bicyclic) bond motifs is 1. The van der Waals surface area contributed by atoms with Crippen LogP contribution in [0.25, 0.3) is 17.0 Å². The molecule has 6 heteroatoms. The summed E-state index contributed by atoms with van der Waals surface area (Å²) in [6, 6.07) is 9.70. The van der Waals surface area contributed by atoms with Crippen molar-refractivity contribution in [2.24, 2.45) is 0 Å². The molecular formula is C19H16N4OS. The Morgan fingerprint density at radius 3 is 2.88 bits per heavy atom. The number of amides is 1. The van der Waals surface area contributed by atoms with Gasteiger partial charge in [0.15, 0.2) is 0 Å². The van der Waals surface area contributed by atoms with Crippen LogP contribution in [-0.4, -0.2) is 20.3 Å². The van der Waals surface area contributed by atoms with Gasteiger partial charge in [-0.3, -0.25) is 9.20 Å². The molecule has 0 aliphatic rings. The van der Waals surface area contributed by atoms with E-state index in [-0.39, 0.29) is 5.91 Å². The van der Waals surface area contributed by atoms with Gasteiger partial charge in [-0.05, 0) is 48.6 Å². The van der Waals surface area contributed by atoms with E-state index in [1.807, 2.05) is 66.4 Å². The van der Waals surface area contributed by atoms with Crippen LogP contribution >= 0.6 is 11.3 Å². The molecule has 3 aromatic heterocycles. The highest BCUT2D eigenvalue weighted by Gasteiger charge is 2.12. The van der Waals surface area contributed by atoms with E-state index in [1.54, 1.807) is 6.20 Å². The van der Waals surface area contributed by atoms with Crippen LogP contribution in [0.5, 0.6) is 0 Å². The van der Waals surface area contributed by atoms with Crippen molar-refractivity contribution in [2.75, 3.05) is 5.32 Å². The number of hydrogen-bond acceptors (Lipinski definition) is 4. The average molecular weight is 348 g/mol. The lowest BCUT2D eigenvalue weighted by Gasteiger charge is -2.09. The van der Waals surface area contributed by atoms with E-state index in [4.69, 9.17) is 0 Å². The van der Waals surface area contributed by atoms with Crippen molar-refractivity contribution in [1.82, 2.24) is 14.4 Å². The van der Waals surface area contributed by atoms with Crippen molar-refractivity contribution in [2.45, 2.75) is 13.8 Å². The summed E-state index contributed by atoms with van der Waals surface area (Å²) in [7, 11) is 0. The smallest absolute Gasteiger partial charge is 0.265 e. The van der Waals surface area contributed by atoms with Crippen LogP contribution in [0, 0.1) is 13.8 Å². The molecule has 1 amide bonds. The van der Waals surface area contributed by atoms with Crippen molar-refractivity contribution in [3.63, 3.8) is 0 Å². The number of aromatic nitrogens is 3. The zero-order chi connectivity index (χ0) is 17.4. The van der Waals surface area contributed by atoms with E-state index in [0.29, 0.717) is 10.7 Å². The van der Waals surface area contributed by atoms with Gasteiger partial charge in [-0.15, -0.1) is 11.3 Å². The van der Waals surface area contributed by atoms with E-state index in [1.165, 1.54) is 11.3 Å². The fourth-order valence-corrected chi connectivity index (χ4v) is 3.41. The van der Waals surface area contributed by atoms with Crippen LogP contribution in [-0.2, 0) is 0 Å². The number of imidazole rings is 1. The molecule has 0 bridgehead atoms. The molecule has 0 radical (unpaired) electrons. The maximum absolute atomic E-state index is 12.4. The number of hydrogen-bond donors (Lipinski definition) is 1. The molecule has 4 aromatic rings. The lowest BCUT2D eigenvalue weighted by molar-refractivity contribution is 0.103. The highest BCUT2D eigenvalue weighted by atomic mass is 32.1. The normalized spacial score (nSPS) is 11.0. The predicted molar refractivity (Wildman–Crippen MR) is 100 cm³/mol. The Labute approximate surface area is 149 Å². The Kier molecular flexibility index (Phi) is 3.82. The molecule has 124 valence electrons. The molecule has 0 saturated carbocycles. The third-order valence-corrected chi connectivity index (χ3v) is 5.02. The largest absolute Gasteiger partial charge is 0.321 e. The number of rotatable bonds is 3. The van der Waals surface area contributed by atoms with E-state index < -0.39 is 0 Å². The molecule has 0 saturated heterocycles. The van der Waals surface area contributed by atoms with Gasteiger partial charge >= 0.3 is 0 Å². The summed E-state index contributed by atoms with van der Waals surface area (Å²) in [4.78, 5) is 21.9. The summed E-state index contributed by atoms with van der Waals surface area (Å²) >= 11 is 1.45. The SMILES string of the molecule is Cc1csc(C(=O)Nc2cc(-c3cn4cccnc4n3)ccc2C)c1. The van der Waals surface area contributed by atoms with Gasteiger partial charge in [-0.1, -0.05) is 12.1 Å². The van der Waals surface area contributed by atoms with Crippen LogP contribution in [0.2, 0.25) is 0 Å². The minimum absolute atomic E-state index is 0.0879. The fraction of sp³-hybridized carbons (Fsp3) is 0.105. The van der Waals surface area contributed by atoms with E-state index >= 15 is 0 Å². The first kappa shape index (κ1) is 15.5. The minimum Gasteiger partial charge on any atom is -0.321 e. The van der Waals surface area contributed by atoms with Crippen LogP contribution in [0.4, 0.5) is 5.69 Å². The summed E-state index contributed by atoms with van der Waals surface area (Å²) in [6.07, 6.45) is 5.56. The van der Waals surface area contributed by atoms with Gasteiger partial charge in [-0.25, -0.2) is 9.97 Å². The van der Waals surface area contributed by atoms with Gasteiger partial charge in [-0.2, -0.15) is 0 Å². The molecule has 0 aliphatic heterocycles. The highest BCUT2D eigenvalue weighted by molar-refractivity contribution is 7.12. The summed E-state index contributed by atoms with van der Waals surface area (Å²) in [6.45, 7) is 3.96. The number of nitrogens with one attached hydrogen (secondary N) is 1. The predicted octanol–water partition coefficient (Wildman–Crippen LogP) is 4.33. The average Bonchev–Trinajstić information content (AvgIpc) is 3.23. The molecule has 0 fully saturated rings. The van der Waals surface area contributed by atoms with Gasteiger partial charge in [0.05, 0.1) is 10.6 Å². The summed E-state index contributed by atoms with van der Waals surface area (Å²) in [5, 5.41) is 4.98. The first-order chi connectivity index (χ1) is 12.1. The maximum atomic E-state index is 12.4. The molecule has 1 aromatic carbocycles. The number of carbonyl (C=O) groups is 1. The lowest BCUT2D eigenvalue weighted by Crippen LogP contribution is -2.11. The van der Waals surface area contributed by atoms with E-state index in [0.717, 1.165) is 28.1 Å². The minimum atomic E-state index is -0.0879. The number of aryl methyl sites for hydroxylation is 2. The van der Waals surface area contributed by atoms with Crippen LogP contribution in [0.15, 0.2) is 54.3 Å². The summed E-state index contributed by atoms with van der Waals surface area (Å²) in [5.74, 6) is 0.563. The first-order valence-corrected chi connectivity index (χ1v) is 8.75. The lowest BCUT2D eigenvalue weighted by atomic mass is 10.1. The fourth-order valence-electron chi connectivity index (χ4n) is 2.62. The third kappa shape index (κ3) is 3.04. The Balaban J connectivity index is 1.67. The molecule has 25 heavy (non-hydrogen) atoms. The second-order valence-electron chi connectivity index (χ2n) is 5.93. The maximum Gasteiger partial charge on any atom is 0.265 e. The number of benzene rings is 1. The third-order valence-electron chi connectivity index (χ3n) is 3.97. The highest BCUT2D eigenvalue weighted by Crippen LogP contribution is 2.26. The number of thiophene rings is 1. The monoisotopic (exact) mass is 348 g/mol. The van der Waals surface area contributed by atoms with Gasteiger partial charge in [0.25, 0.3) is 5.91 Å². The van der Waals surface area contributed by atoms with Crippen LogP contribution < -0.4 is 5.32 Å². The first-order valence-electron chi connectivity index (χ1n) is 7.87. The summed E-state index contributed by atoms with van der Waals surface area (Å²) in [5.41, 5.74) is 4.65. The molecule has 0 aliphatic carbocycles. The van der Waals surface area contributed by atoms with Gasteiger partial charge < -0.3 is 5.32 Å². The second-order valence-corrected chi connectivity index (χ2v) is 6.84. The molecular weight excluding hydrogens is 332 g/mol. The van der Waals surface area contributed by atoms with Crippen molar-refractivity contribution < 1.29 is 4.79 Å². The van der Waals surface area contributed by atoms with Gasteiger partial charge in [0.2, 0.25) is 5.78 Å². The van der Waals surface area contributed by atoms with Crippen LogP contribution in [0.1, 0.15) is 20.8 Å². The second kappa shape index (κ2) is 6.14.